The van der Waals surface area contributed by atoms with Gasteiger partial charge in [0.05, 0.1) is 13.2 Å². The summed E-state index contributed by atoms with van der Waals surface area (Å²) in [5.41, 5.74) is 1.23. The van der Waals surface area contributed by atoms with Crippen LogP contribution >= 0.6 is 0 Å². The molecule has 0 aliphatic carbocycles. The van der Waals surface area contributed by atoms with E-state index in [1.165, 1.54) is 31.2 Å². The van der Waals surface area contributed by atoms with Crippen molar-refractivity contribution in [1.82, 2.24) is 14.9 Å². The normalized spacial score (nSPS) is 18.6. The van der Waals surface area contributed by atoms with E-state index in [0.717, 1.165) is 50.2 Å². The van der Waals surface area contributed by atoms with Crippen molar-refractivity contribution < 1.29 is 4.74 Å². The van der Waals surface area contributed by atoms with Gasteiger partial charge in [0.25, 0.3) is 0 Å². The molecule has 0 radical (unpaired) electrons. The van der Waals surface area contributed by atoms with Crippen molar-refractivity contribution in [3.63, 3.8) is 0 Å². The summed E-state index contributed by atoms with van der Waals surface area (Å²) in [6.07, 6.45) is 7.05. The fourth-order valence-corrected chi connectivity index (χ4v) is 3.94. The van der Waals surface area contributed by atoms with Crippen molar-refractivity contribution in [1.29, 1.82) is 0 Å². The van der Waals surface area contributed by atoms with Gasteiger partial charge in [-0.1, -0.05) is 31.0 Å². The Morgan fingerprint density at radius 2 is 1.85 bits per heavy atom. The Kier molecular flexibility index (Phi) is 5.72. The molecular weight excluding hydrogens is 338 g/mol. The van der Waals surface area contributed by atoms with Gasteiger partial charge in [0, 0.05) is 44.5 Å². The summed E-state index contributed by atoms with van der Waals surface area (Å²) in [5.74, 6) is 2.76. The minimum atomic E-state index is 0.402. The Morgan fingerprint density at radius 1 is 1.07 bits per heavy atom. The zero-order valence-corrected chi connectivity index (χ0v) is 16.1. The number of rotatable bonds is 6. The van der Waals surface area contributed by atoms with E-state index in [-0.39, 0.29) is 0 Å². The van der Waals surface area contributed by atoms with Crippen molar-refractivity contribution in [2.45, 2.75) is 38.3 Å². The first-order valence-corrected chi connectivity index (χ1v) is 10.0. The molecule has 2 fully saturated rings. The SMILES string of the molecule is COc1ccccc1CN1CC(Nc2nccc(N3CCCCCC3)n2)C1. The van der Waals surface area contributed by atoms with Gasteiger partial charge in [-0.3, -0.25) is 4.90 Å². The van der Waals surface area contributed by atoms with Gasteiger partial charge in [0.15, 0.2) is 0 Å². The third kappa shape index (κ3) is 4.50. The van der Waals surface area contributed by atoms with Crippen LogP contribution in [-0.4, -0.2) is 54.2 Å². The Morgan fingerprint density at radius 3 is 2.63 bits per heavy atom. The number of ether oxygens (including phenoxy) is 1. The maximum atomic E-state index is 5.45. The number of methoxy groups -OCH3 is 1. The molecule has 0 saturated carbocycles. The highest BCUT2D eigenvalue weighted by atomic mass is 16.5. The minimum absolute atomic E-state index is 0.402. The summed E-state index contributed by atoms with van der Waals surface area (Å²) in [5, 5.41) is 3.50. The lowest BCUT2D eigenvalue weighted by atomic mass is 10.1. The first kappa shape index (κ1) is 18.0. The molecule has 2 aromatic rings. The predicted molar refractivity (Wildman–Crippen MR) is 108 cm³/mol. The number of anilines is 2. The molecule has 1 aromatic carbocycles. The highest BCUT2D eigenvalue weighted by Gasteiger charge is 2.28. The smallest absolute Gasteiger partial charge is 0.224 e. The van der Waals surface area contributed by atoms with Gasteiger partial charge in [-0.25, -0.2) is 4.98 Å². The molecule has 6 heteroatoms. The van der Waals surface area contributed by atoms with Crippen molar-refractivity contribution in [3.05, 3.63) is 42.1 Å². The first-order chi connectivity index (χ1) is 13.3. The number of benzene rings is 1. The number of para-hydroxylation sites is 1. The maximum absolute atomic E-state index is 5.45. The maximum Gasteiger partial charge on any atom is 0.224 e. The number of hydrogen-bond acceptors (Lipinski definition) is 6. The van der Waals surface area contributed by atoms with Crippen LogP contribution in [0, 0.1) is 0 Å². The van der Waals surface area contributed by atoms with Crippen LogP contribution in [0.1, 0.15) is 31.2 Å². The lowest BCUT2D eigenvalue weighted by Crippen LogP contribution is -2.54. The molecule has 0 atom stereocenters. The Labute approximate surface area is 161 Å². The standard InChI is InChI=1S/C21H29N5O/c1-27-19-9-5-4-8-17(19)14-25-15-18(16-25)23-21-22-11-10-20(24-21)26-12-6-2-3-7-13-26/h4-5,8-11,18H,2-3,6-7,12-16H2,1H3,(H,22,23,24). The topological polar surface area (TPSA) is 53.5 Å². The number of likely N-dealkylation sites (tertiary alicyclic amines) is 1. The number of nitrogens with zero attached hydrogens (tertiary/aromatic N) is 4. The van der Waals surface area contributed by atoms with E-state index in [0.29, 0.717) is 6.04 Å². The van der Waals surface area contributed by atoms with E-state index >= 15 is 0 Å². The number of nitrogens with one attached hydrogen (secondary N) is 1. The third-order valence-corrected chi connectivity index (χ3v) is 5.45. The quantitative estimate of drug-likeness (QED) is 0.846. The lowest BCUT2D eigenvalue weighted by Gasteiger charge is -2.39. The Bertz CT molecular complexity index is 739. The molecule has 27 heavy (non-hydrogen) atoms. The van der Waals surface area contributed by atoms with Gasteiger partial charge < -0.3 is 15.0 Å². The molecule has 0 bridgehead atoms. The fourth-order valence-electron chi connectivity index (χ4n) is 3.94. The van der Waals surface area contributed by atoms with E-state index < -0.39 is 0 Å². The predicted octanol–water partition coefficient (Wildman–Crippen LogP) is 3.16. The van der Waals surface area contributed by atoms with Crippen molar-refractivity contribution >= 4 is 11.8 Å². The molecule has 1 aromatic heterocycles. The summed E-state index contributed by atoms with van der Waals surface area (Å²) in [7, 11) is 1.73. The fraction of sp³-hybridized carbons (Fsp3) is 0.524. The van der Waals surface area contributed by atoms with Gasteiger partial charge >= 0.3 is 0 Å². The lowest BCUT2D eigenvalue weighted by molar-refractivity contribution is 0.151. The molecule has 6 nitrogen and oxygen atoms in total. The van der Waals surface area contributed by atoms with Gasteiger partial charge in [-0.05, 0) is 25.0 Å². The van der Waals surface area contributed by atoms with Gasteiger partial charge in [0.1, 0.15) is 11.6 Å². The van der Waals surface area contributed by atoms with Crippen molar-refractivity contribution in [3.8, 4) is 5.75 Å². The summed E-state index contributed by atoms with van der Waals surface area (Å²) in [4.78, 5) is 14.0. The second-order valence-electron chi connectivity index (χ2n) is 7.49. The van der Waals surface area contributed by atoms with E-state index in [1.54, 1.807) is 7.11 Å². The van der Waals surface area contributed by atoms with Gasteiger partial charge in [0.2, 0.25) is 5.95 Å². The molecular formula is C21H29N5O. The zero-order chi connectivity index (χ0) is 18.5. The van der Waals surface area contributed by atoms with E-state index in [4.69, 9.17) is 9.72 Å². The van der Waals surface area contributed by atoms with Gasteiger partial charge in [-0.2, -0.15) is 4.98 Å². The van der Waals surface area contributed by atoms with E-state index in [1.807, 2.05) is 24.4 Å². The average Bonchev–Trinajstić information content (AvgIpc) is 2.96. The van der Waals surface area contributed by atoms with E-state index in [2.05, 4.69) is 32.2 Å². The number of hydrogen-bond donors (Lipinski definition) is 1. The molecule has 0 amide bonds. The summed E-state index contributed by atoms with van der Waals surface area (Å²) >= 11 is 0. The van der Waals surface area contributed by atoms with Crippen LogP contribution in [0.3, 0.4) is 0 Å². The van der Waals surface area contributed by atoms with Crippen molar-refractivity contribution in [2.75, 3.05) is 43.5 Å². The molecule has 2 saturated heterocycles. The molecule has 1 N–H and O–H groups in total. The third-order valence-electron chi connectivity index (χ3n) is 5.45. The van der Waals surface area contributed by atoms with Crippen LogP contribution in [0.25, 0.3) is 0 Å². The Hall–Kier alpha value is -2.34. The average molecular weight is 367 g/mol. The second-order valence-corrected chi connectivity index (χ2v) is 7.49. The molecule has 4 rings (SSSR count). The summed E-state index contributed by atoms with van der Waals surface area (Å²) in [6.45, 7) is 5.11. The van der Waals surface area contributed by atoms with Crippen LogP contribution in [-0.2, 0) is 6.54 Å². The monoisotopic (exact) mass is 367 g/mol. The molecule has 0 spiro atoms. The molecule has 0 unspecified atom stereocenters. The minimum Gasteiger partial charge on any atom is -0.496 e. The van der Waals surface area contributed by atoms with Crippen LogP contribution < -0.4 is 15.0 Å². The zero-order valence-electron chi connectivity index (χ0n) is 16.1. The number of aromatic nitrogens is 2. The largest absolute Gasteiger partial charge is 0.496 e. The molecule has 3 heterocycles. The molecule has 2 aliphatic rings. The van der Waals surface area contributed by atoms with Crippen LogP contribution in [0.5, 0.6) is 5.75 Å². The van der Waals surface area contributed by atoms with Crippen LogP contribution in [0.2, 0.25) is 0 Å². The highest BCUT2D eigenvalue weighted by Crippen LogP contribution is 2.23. The summed E-state index contributed by atoms with van der Waals surface area (Å²) in [6, 6.07) is 10.7. The van der Waals surface area contributed by atoms with Crippen molar-refractivity contribution in [2.24, 2.45) is 0 Å². The summed E-state index contributed by atoms with van der Waals surface area (Å²) < 4.78 is 5.45. The second kappa shape index (κ2) is 8.57. The Balaban J connectivity index is 1.30. The first-order valence-electron chi connectivity index (χ1n) is 10.0. The molecule has 2 aliphatic heterocycles. The van der Waals surface area contributed by atoms with E-state index in [9.17, 15) is 0 Å². The van der Waals surface area contributed by atoms with Crippen LogP contribution in [0.4, 0.5) is 11.8 Å². The molecule has 144 valence electrons. The highest BCUT2D eigenvalue weighted by molar-refractivity contribution is 5.43. The van der Waals surface area contributed by atoms with Gasteiger partial charge in [-0.15, -0.1) is 0 Å². The van der Waals surface area contributed by atoms with Crippen LogP contribution in [0.15, 0.2) is 36.5 Å².